The number of nitrogens with zero attached hydrogens (tertiary/aromatic N) is 2. The van der Waals surface area contributed by atoms with E-state index >= 15 is 0 Å². The summed E-state index contributed by atoms with van der Waals surface area (Å²) in [6.07, 6.45) is 2.55. The van der Waals surface area contributed by atoms with Gasteiger partial charge in [-0.15, -0.1) is 0 Å². The van der Waals surface area contributed by atoms with Crippen LogP contribution in [0.25, 0.3) is 10.8 Å². The highest BCUT2D eigenvalue weighted by Gasteiger charge is 2.51. The van der Waals surface area contributed by atoms with Crippen molar-refractivity contribution >= 4 is 22.4 Å². The van der Waals surface area contributed by atoms with Crippen LogP contribution in [0.1, 0.15) is 24.0 Å². The zero-order valence-electron chi connectivity index (χ0n) is 16.6. The lowest BCUT2D eigenvalue weighted by Crippen LogP contribution is -2.54. The minimum atomic E-state index is -0.779. The van der Waals surface area contributed by atoms with Crippen LogP contribution in [0.5, 0.6) is 0 Å². The molecular formula is C25H26N2O2. The van der Waals surface area contributed by atoms with E-state index in [0.717, 1.165) is 48.2 Å². The molecule has 1 N–H and O–H groups in total. The van der Waals surface area contributed by atoms with E-state index in [2.05, 4.69) is 58.3 Å². The first-order valence-corrected chi connectivity index (χ1v) is 10.4. The summed E-state index contributed by atoms with van der Waals surface area (Å²) >= 11 is 0. The molecular weight excluding hydrogens is 360 g/mol. The highest BCUT2D eigenvalue weighted by molar-refractivity contribution is 5.91. The summed E-state index contributed by atoms with van der Waals surface area (Å²) in [6, 6.07) is 23.2. The zero-order chi connectivity index (χ0) is 19.8. The molecule has 3 aromatic carbocycles. The molecule has 4 nitrogen and oxygen atoms in total. The average Bonchev–Trinajstić information content (AvgIpc) is 3.50. The van der Waals surface area contributed by atoms with Gasteiger partial charge in [0.15, 0.2) is 0 Å². The first-order valence-electron chi connectivity index (χ1n) is 10.4. The monoisotopic (exact) mass is 386 g/mol. The van der Waals surface area contributed by atoms with Crippen LogP contribution in [-0.2, 0) is 17.8 Å². The van der Waals surface area contributed by atoms with E-state index in [0.29, 0.717) is 0 Å². The number of hydrogen-bond donors (Lipinski definition) is 1. The number of carboxylic acid groups (broad SMARTS) is 1. The van der Waals surface area contributed by atoms with Gasteiger partial charge in [-0.1, -0.05) is 54.6 Å². The van der Waals surface area contributed by atoms with Crippen molar-refractivity contribution in [3.8, 4) is 0 Å². The van der Waals surface area contributed by atoms with Crippen LogP contribution in [-0.4, -0.2) is 41.1 Å². The van der Waals surface area contributed by atoms with Gasteiger partial charge in [0.1, 0.15) is 0 Å². The van der Waals surface area contributed by atoms with E-state index < -0.39 is 5.97 Å². The van der Waals surface area contributed by atoms with Crippen LogP contribution in [0.4, 0.5) is 5.69 Å². The fraction of sp³-hybridized carbons (Fsp3) is 0.320. The Morgan fingerprint density at radius 3 is 2.48 bits per heavy atom. The van der Waals surface area contributed by atoms with Crippen molar-refractivity contribution in [3.05, 3.63) is 77.9 Å². The lowest BCUT2D eigenvalue weighted by atomic mass is 9.99. The summed E-state index contributed by atoms with van der Waals surface area (Å²) < 4.78 is 0. The number of benzene rings is 3. The zero-order valence-corrected chi connectivity index (χ0v) is 16.6. The summed E-state index contributed by atoms with van der Waals surface area (Å²) in [5.41, 5.74) is 3.71. The number of carbonyl (C=O) groups is 1. The van der Waals surface area contributed by atoms with Crippen molar-refractivity contribution in [2.24, 2.45) is 0 Å². The number of carboxylic acids is 1. The van der Waals surface area contributed by atoms with Gasteiger partial charge in [-0.2, -0.15) is 0 Å². The third kappa shape index (κ3) is 3.60. The molecule has 0 aromatic heterocycles. The van der Waals surface area contributed by atoms with E-state index in [4.69, 9.17) is 0 Å². The van der Waals surface area contributed by atoms with Gasteiger partial charge in [0.25, 0.3) is 0 Å². The fourth-order valence-corrected chi connectivity index (χ4v) is 4.77. The molecule has 5 rings (SSSR count). The molecule has 29 heavy (non-hydrogen) atoms. The third-order valence-corrected chi connectivity index (χ3v) is 6.48. The Balaban J connectivity index is 1.41. The second kappa shape index (κ2) is 7.20. The van der Waals surface area contributed by atoms with Gasteiger partial charge in [-0.25, -0.2) is 0 Å². The van der Waals surface area contributed by atoms with E-state index in [1.807, 2.05) is 18.2 Å². The fourth-order valence-electron chi connectivity index (χ4n) is 4.77. The molecule has 1 saturated heterocycles. The van der Waals surface area contributed by atoms with Gasteiger partial charge in [0, 0.05) is 37.4 Å². The lowest BCUT2D eigenvalue weighted by molar-refractivity contribution is -0.136. The number of anilines is 1. The molecule has 148 valence electrons. The summed E-state index contributed by atoms with van der Waals surface area (Å²) in [4.78, 5) is 16.5. The maximum absolute atomic E-state index is 11.4. The van der Waals surface area contributed by atoms with E-state index in [9.17, 15) is 9.90 Å². The highest BCUT2D eigenvalue weighted by atomic mass is 16.4. The molecule has 1 aliphatic carbocycles. The molecule has 2 aliphatic rings. The molecule has 3 aromatic rings. The number of aliphatic carboxylic acids is 1. The predicted octanol–water partition coefficient (Wildman–Crippen LogP) is 4.32. The van der Waals surface area contributed by atoms with E-state index in [1.54, 1.807) is 0 Å². The summed E-state index contributed by atoms with van der Waals surface area (Å²) in [6.45, 7) is 4.04. The standard InChI is InChI=1S/C25H26N2O2/c28-24(29)16-21-15-22(14-20-8-4-5-9-23(20)21)26-12-13-27(25(18-26)10-11-25)17-19-6-2-1-3-7-19/h1-9,14-15H,10-13,16-18H2,(H,28,29). The van der Waals surface area contributed by atoms with Gasteiger partial charge < -0.3 is 10.0 Å². The molecule has 0 radical (unpaired) electrons. The minimum Gasteiger partial charge on any atom is -0.481 e. The quantitative estimate of drug-likeness (QED) is 0.709. The Morgan fingerprint density at radius 1 is 0.966 bits per heavy atom. The predicted molar refractivity (Wildman–Crippen MR) is 116 cm³/mol. The topological polar surface area (TPSA) is 43.8 Å². The van der Waals surface area contributed by atoms with Crippen LogP contribution < -0.4 is 4.90 Å². The minimum absolute atomic E-state index is 0.0630. The number of piperazine rings is 1. The smallest absolute Gasteiger partial charge is 0.307 e. The second-order valence-corrected chi connectivity index (χ2v) is 8.45. The van der Waals surface area contributed by atoms with Gasteiger partial charge in [-0.05, 0) is 46.9 Å². The van der Waals surface area contributed by atoms with Gasteiger partial charge in [0.05, 0.1) is 6.42 Å². The molecule has 2 fully saturated rings. The van der Waals surface area contributed by atoms with Crippen molar-refractivity contribution in [1.29, 1.82) is 0 Å². The van der Waals surface area contributed by atoms with E-state index in [-0.39, 0.29) is 12.0 Å². The van der Waals surface area contributed by atoms with E-state index in [1.165, 1.54) is 18.4 Å². The molecule has 0 atom stereocenters. The Hall–Kier alpha value is -2.85. The Morgan fingerprint density at radius 2 is 1.72 bits per heavy atom. The molecule has 4 heteroatoms. The SMILES string of the molecule is O=C(O)Cc1cc(N2CCN(Cc3ccccc3)C3(CC3)C2)cc2ccccc12. The Bertz CT molecular complexity index is 1040. The molecule has 1 heterocycles. The average molecular weight is 386 g/mol. The molecule has 1 saturated carbocycles. The van der Waals surface area contributed by atoms with Crippen molar-refractivity contribution < 1.29 is 9.90 Å². The van der Waals surface area contributed by atoms with Crippen LogP contribution in [0.15, 0.2) is 66.7 Å². The number of fused-ring (bicyclic) bond motifs is 1. The maximum atomic E-state index is 11.4. The first kappa shape index (κ1) is 18.2. The normalized spacial score (nSPS) is 18.3. The molecule has 0 bridgehead atoms. The number of rotatable bonds is 5. The summed E-state index contributed by atoms with van der Waals surface area (Å²) in [5, 5.41) is 11.5. The van der Waals surface area contributed by atoms with Gasteiger partial charge in [-0.3, -0.25) is 9.69 Å². The highest BCUT2D eigenvalue weighted by Crippen LogP contribution is 2.46. The Kier molecular flexibility index (Phi) is 4.51. The number of hydrogen-bond acceptors (Lipinski definition) is 3. The van der Waals surface area contributed by atoms with Crippen molar-refractivity contribution in [1.82, 2.24) is 4.90 Å². The van der Waals surface area contributed by atoms with Crippen molar-refractivity contribution in [2.45, 2.75) is 31.3 Å². The lowest BCUT2D eigenvalue weighted by Gasteiger charge is -2.43. The van der Waals surface area contributed by atoms with Crippen LogP contribution >= 0.6 is 0 Å². The molecule has 0 amide bonds. The van der Waals surface area contributed by atoms with Gasteiger partial charge in [0.2, 0.25) is 0 Å². The maximum Gasteiger partial charge on any atom is 0.307 e. The largest absolute Gasteiger partial charge is 0.481 e. The molecule has 0 unspecified atom stereocenters. The van der Waals surface area contributed by atoms with Crippen molar-refractivity contribution in [2.75, 3.05) is 24.5 Å². The van der Waals surface area contributed by atoms with Crippen LogP contribution in [0.3, 0.4) is 0 Å². The Labute approximate surface area is 171 Å². The van der Waals surface area contributed by atoms with Crippen LogP contribution in [0.2, 0.25) is 0 Å². The third-order valence-electron chi connectivity index (χ3n) is 6.48. The molecule has 1 aliphatic heterocycles. The second-order valence-electron chi connectivity index (χ2n) is 8.45. The first-order chi connectivity index (χ1) is 14.1. The van der Waals surface area contributed by atoms with Crippen LogP contribution in [0, 0.1) is 0 Å². The van der Waals surface area contributed by atoms with Crippen molar-refractivity contribution in [3.63, 3.8) is 0 Å². The van der Waals surface area contributed by atoms with Gasteiger partial charge >= 0.3 is 5.97 Å². The summed E-state index contributed by atoms with van der Waals surface area (Å²) in [7, 11) is 0. The molecule has 1 spiro atoms. The summed E-state index contributed by atoms with van der Waals surface area (Å²) in [5.74, 6) is -0.779.